The third kappa shape index (κ3) is 1.83. The van der Waals surface area contributed by atoms with Crippen LogP contribution in [0.25, 0.3) is 0 Å². The van der Waals surface area contributed by atoms with Crippen molar-refractivity contribution in [2.24, 2.45) is 34.5 Å². The summed E-state index contributed by atoms with van der Waals surface area (Å²) >= 11 is 0. The molecule has 4 aliphatic rings. The molecule has 4 fully saturated rings. The lowest BCUT2D eigenvalue weighted by atomic mass is 9.47. The fraction of sp³-hybridized carbons (Fsp3) is 0.818. The Labute approximate surface area is 146 Å². The van der Waals surface area contributed by atoms with E-state index in [1.807, 2.05) is 0 Å². The first-order valence-electron chi connectivity index (χ1n) is 9.62. The van der Waals surface area contributed by atoms with Crippen molar-refractivity contribution in [1.82, 2.24) is 0 Å². The highest BCUT2D eigenvalue weighted by Crippen LogP contribution is 2.69. The Morgan fingerprint density at radius 1 is 0.917 bits per heavy atom. The Hall–Kier alpha value is -0.960. The number of fused-ring (bicyclic) bond motifs is 5. The van der Waals surface area contributed by atoms with Gasteiger partial charge in [-0.2, -0.15) is 0 Å². The standard InChI is InChI=1S/C22H30O2/c1-5-21(23)13-15-7-8-16-17(19(15,3)14-21)9-11-20(4)18(16)10-12-22(20,24)6-2/h1-2,15-18,23-24H,7-14H2,3-4H3/t15-,16+,17-,18-,19-,20-,21+,22-/m0/s1. The first-order valence-corrected chi connectivity index (χ1v) is 9.62. The first-order chi connectivity index (χ1) is 11.2. The third-order valence-corrected chi connectivity index (χ3v) is 8.98. The van der Waals surface area contributed by atoms with Gasteiger partial charge in [0, 0.05) is 5.41 Å². The molecule has 24 heavy (non-hydrogen) atoms. The van der Waals surface area contributed by atoms with Crippen molar-refractivity contribution < 1.29 is 10.2 Å². The second-order valence-electron chi connectivity index (χ2n) is 9.71. The summed E-state index contributed by atoms with van der Waals surface area (Å²) < 4.78 is 0. The fourth-order valence-corrected chi connectivity index (χ4v) is 7.62. The molecule has 2 heteroatoms. The predicted octanol–water partition coefficient (Wildman–Crippen LogP) is 3.37. The minimum Gasteiger partial charge on any atom is -0.378 e. The van der Waals surface area contributed by atoms with E-state index in [2.05, 4.69) is 25.7 Å². The van der Waals surface area contributed by atoms with Crippen molar-refractivity contribution >= 4 is 0 Å². The molecule has 0 amide bonds. The van der Waals surface area contributed by atoms with Gasteiger partial charge in [0.15, 0.2) is 0 Å². The molecule has 0 unspecified atom stereocenters. The van der Waals surface area contributed by atoms with E-state index in [0.29, 0.717) is 23.7 Å². The molecule has 0 aliphatic heterocycles. The van der Waals surface area contributed by atoms with Crippen LogP contribution in [0.4, 0.5) is 0 Å². The molecule has 0 spiro atoms. The van der Waals surface area contributed by atoms with Gasteiger partial charge in [-0.05, 0) is 80.5 Å². The summed E-state index contributed by atoms with van der Waals surface area (Å²) in [4.78, 5) is 0. The van der Waals surface area contributed by atoms with Gasteiger partial charge >= 0.3 is 0 Å². The molecule has 0 saturated heterocycles. The average molecular weight is 326 g/mol. The minimum atomic E-state index is -0.935. The summed E-state index contributed by atoms with van der Waals surface area (Å²) in [7, 11) is 0. The van der Waals surface area contributed by atoms with Crippen molar-refractivity contribution in [3.63, 3.8) is 0 Å². The summed E-state index contributed by atoms with van der Waals surface area (Å²) in [5.74, 6) is 7.70. The molecular weight excluding hydrogens is 296 g/mol. The van der Waals surface area contributed by atoms with Crippen LogP contribution in [0.2, 0.25) is 0 Å². The van der Waals surface area contributed by atoms with Crippen molar-refractivity contribution in [3.05, 3.63) is 0 Å². The predicted molar refractivity (Wildman–Crippen MR) is 94.7 cm³/mol. The summed E-state index contributed by atoms with van der Waals surface area (Å²) in [5.41, 5.74) is -1.85. The highest BCUT2D eigenvalue weighted by Gasteiger charge is 2.66. The molecule has 0 aromatic carbocycles. The zero-order valence-corrected chi connectivity index (χ0v) is 15.0. The van der Waals surface area contributed by atoms with Gasteiger partial charge < -0.3 is 10.2 Å². The van der Waals surface area contributed by atoms with Crippen LogP contribution in [0.1, 0.15) is 65.2 Å². The Morgan fingerprint density at radius 3 is 2.29 bits per heavy atom. The van der Waals surface area contributed by atoms with E-state index in [1.165, 1.54) is 6.42 Å². The smallest absolute Gasteiger partial charge is 0.130 e. The number of terminal acetylenes is 2. The highest BCUT2D eigenvalue weighted by molar-refractivity contribution is 5.25. The van der Waals surface area contributed by atoms with Crippen LogP contribution in [0.15, 0.2) is 0 Å². The van der Waals surface area contributed by atoms with E-state index in [1.54, 1.807) is 0 Å². The maximum atomic E-state index is 11.0. The quantitative estimate of drug-likeness (QED) is 0.670. The van der Waals surface area contributed by atoms with Gasteiger partial charge in [0.2, 0.25) is 0 Å². The van der Waals surface area contributed by atoms with Crippen LogP contribution < -0.4 is 0 Å². The van der Waals surface area contributed by atoms with Crippen molar-refractivity contribution in [2.75, 3.05) is 0 Å². The molecule has 2 N–H and O–H groups in total. The maximum Gasteiger partial charge on any atom is 0.130 e. The zero-order valence-electron chi connectivity index (χ0n) is 15.0. The van der Waals surface area contributed by atoms with E-state index in [-0.39, 0.29) is 10.8 Å². The molecular formula is C22H30O2. The number of aliphatic hydroxyl groups is 2. The number of hydrogen-bond acceptors (Lipinski definition) is 2. The summed E-state index contributed by atoms with van der Waals surface area (Å²) in [6.45, 7) is 4.59. The molecule has 130 valence electrons. The van der Waals surface area contributed by atoms with E-state index >= 15 is 0 Å². The Bertz CT molecular complexity index is 641. The largest absolute Gasteiger partial charge is 0.378 e. The molecule has 4 aliphatic carbocycles. The van der Waals surface area contributed by atoms with Crippen LogP contribution in [0.3, 0.4) is 0 Å². The van der Waals surface area contributed by atoms with Gasteiger partial charge in [-0.3, -0.25) is 0 Å². The Balaban J connectivity index is 1.68. The van der Waals surface area contributed by atoms with Gasteiger partial charge in [0.1, 0.15) is 11.2 Å². The SMILES string of the molecule is C#C[C@@]1(O)C[C@@H]2CC[C@@H]3[C@H](CC[C@@]4(C)[C@H]3CC[C@@]4(O)C#C)[C@@]2(C)C1. The van der Waals surface area contributed by atoms with Crippen molar-refractivity contribution in [1.29, 1.82) is 0 Å². The topological polar surface area (TPSA) is 40.5 Å². The zero-order chi connectivity index (χ0) is 17.4. The highest BCUT2D eigenvalue weighted by atomic mass is 16.3. The normalized spacial score (nSPS) is 58.9. The van der Waals surface area contributed by atoms with Gasteiger partial charge in [-0.1, -0.05) is 25.7 Å². The molecule has 0 heterocycles. The fourth-order valence-electron chi connectivity index (χ4n) is 7.62. The van der Waals surface area contributed by atoms with Crippen LogP contribution in [-0.4, -0.2) is 21.4 Å². The van der Waals surface area contributed by atoms with Gasteiger partial charge in [0.05, 0.1) is 0 Å². The molecule has 2 nitrogen and oxygen atoms in total. The monoisotopic (exact) mass is 326 g/mol. The van der Waals surface area contributed by atoms with E-state index in [4.69, 9.17) is 12.8 Å². The molecule has 8 atom stereocenters. The van der Waals surface area contributed by atoms with Crippen LogP contribution in [-0.2, 0) is 0 Å². The Kier molecular flexibility index (Phi) is 3.31. The molecule has 4 rings (SSSR count). The summed E-state index contributed by atoms with van der Waals surface area (Å²) in [6, 6.07) is 0. The second-order valence-corrected chi connectivity index (χ2v) is 9.71. The van der Waals surface area contributed by atoms with Gasteiger partial charge in [-0.15, -0.1) is 12.8 Å². The lowest BCUT2D eigenvalue weighted by Crippen LogP contribution is -2.54. The number of hydrogen-bond donors (Lipinski definition) is 2. The van der Waals surface area contributed by atoms with Crippen LogP contribution >= 0.6 is 0 Å². The molecule has 0 radical (unpaired) electrons. The average Bonchev–Trinajstić information content (AvgIpc) is 2.99. The van der Waals surface area contributed by atoms with E-state index in [0.717, 1.165) is 44.9 Å². The Morgan fingerprint density at radius 2 is 1.62 bits per heavy atom. The maximum absolute atomic E-state index is 11.0. The second kappa shape index (κ2) is 4.81. The van der Waals surface area contributed by atoms with E-state index in [9.17, 15) is 10.2 Å². The molecule has 4 saturated carbocycles. The van der Waals surface area contributed by atoms with Gasteiger partial charge in [-0.25, -0.2) is 0 Å². The molecule has 0 aromatic rings. The summed E-state index contributed by atoms with van der Waals surface area (Å²) in [5, 5.41) is 21.8. The van der Waals surface area contributed by atoms with Crippen molar-refractivity contribution in [3.8, 4) is 24.7 Å². The van der Waals surface area contributed by atoms with Crippen molar-refractivity contribution in [2.45, 2.75) is 76.4 Å². The van der Waals surface area contributed by atoms with Crippen LogP contribution in [0.5, 0.6) is 0 Å². The number of rotatable bonds is 0. The van der Waals surface area contributed by atoms with E-state index < -0.39 is 11.2 Å². The lowest BCUT2D eigenvalue weighted by molar-refractivity contribution is -0.119. The van der Waals surface area contributed by atoms with Gasteiger partial charge in [0.25, 0.3) is 0 Å². The molecule has 0 bridgehead atoms. The minimum absolute atomic E-state index is 0.141. The van der Waals surface area contributed by atoms with Crippen LogP contribution in [0, 0.1) is 59.2 Å². The lowest BCUT2D eigenvalue weighted by Gasteiger charge is -2.58. The molecule has 0 aromatic heterocycles. The third-order valence-electron chi connectivity index (χ3n) is 8.98. The first kappa shape index (κ1) is 16.5. The summed E-state index contributed by atoms with van der Waals surface area (Å²) in [6.07, 6.45) is 19.1.